The van der Waals surface area contributed by atoms with Crippen molar-refractivity contribution in [3.05, 3.63) is 47.0 Å². The molecule has 2 aromatic rings. The van der Waals surface area contributed by atoms with Gasteiger partial charge in [-0.3, -0.25) is 9.59 Å². The van der Waals surface area contributed by atoms with Crippen molar-refractivity contribution in [2.75, 3.05) is 61.7 Å². The molecule has 4 rings (SSSR count). The number of carbonyl (C=O) groups is 2. The van der Waals surface area contributed by atoms with Crippen LogP contribution in [0.15, 0.2) is 35.9 Å². The van der Waals surface area contributed by atoms with E-state index in [-0.39, 0.29) is 17.9 Å². The van der Waals surface area contributed by atoms with Crippen molar-refractivity contribution in [1.29, 1.82) is 0 Å². The lowest BCUT2D eigenvalue weighted by Gasteiger charge is -2.27. The Morgan fingerprint density at radius 2 is 1.64 bits per heavy atom. The van der Waals surface area contributed by atoms with E-state index in [0.29, 0.717) is 59.6 Å². The molecule has 0 unspecified atom stereocenters. The number of fused-ring (bicyclic) bond motifs is 1. The first-order chi connectivity index (χ1) is 17.3. The zero-order valence-corrected chi connectivity index (χ0v) is 21.0. The molecule has 2 aromatic carbocycles. The Labute approximate surface area is 209 Å². The number of carbonyl (C=O) groups excluding carboxylic acids is 2. The summed E-state index contributed by atoms with van der Waals surface area (Å²) in [5.74, 6) is 0.322. The van der Waals surface area contributed by atoms with E-state index in [9.17, 15) is 14.7 Å². The van der Waals surface area contributed by atoms with Crippen LogP contribution >= 0.6 is 0 Å². The van der Waals surface area contributed by atoms with Crippen LogP contribution in [0.4, 0.5) is 0 Å². The molecule has 1 N–H and O–H groups in total. The topological polar surface area (TPSA) is 107 Å². The molecular formula is C26H30N2O8. The molecule has 2 aliphatic rings. The molecule has 0 aliphatic carbocycles. The SMILES string of the molecule is COc1cc([C@H]2C(=C(O)c3ccc4c(c3)OCCO4)C(=O)C(=O)N2CCN(C)C)cc(OC)c1OC. The number of hydrogen-bond donors (Lipinski definition) is 1. The molecule has 0 radical (unpaired) electrons. The maximum absolute atomic E-state index is 13.3. The van der Waals surface area contributed by atoms with Gasteiger partial charge in [0.25, 0.3) is 11.7 Å². The van der Waals surface area contributed by atoms with E-state index >= 15 is 0 Å². The second-order valence-electron chi connectivity index (χ2n) is 8.61. The number of Topliss-reactive ketones (excluding diaryl/α,β-unsaturated/α-hetero) is 1. The van der Waals surface area contributed by atoms with Gasteiger partial charge in [-0.25, -0.2) is 0 Å². The maximum Gasteiger partial charge on any atom is 0.295 e. The Hall–Kier alpha value is -3.92. The van der Waals surface area contributed by atoms with Crippen LogP contribution in [-0.4, -0.2) is 88.3 Å². The standard InChI is InChI=1S/C26H30N2O8/c1-27(2)8-9-28-22(16-13-19(32-3)25(34-5)20(14-16)33-4)21(24(30)26(28)31)23(29)15-6-7-17-18(12-15)36-11-10-35-17/h6-7,12-14,22,29H,8-11H2,1-5H3/t22-/m0/s1. The van der Waals surface area contributed by atoms with Crippen molar-refractivity contribution < 1.29 is 38.4 Å². The number of likely N-dealkylation sites (tertiary alicyclic amines) is 1. The Morgan fingerprint density at radius 3 is 2.22 bits per heavy atom. The molecule has 0 bridgehead atoms. The van der Waals surface area contributed by atoms with E-state index in [1.54, 1.807) is 30.3 Å². The van der Waals surface area contributed by atoms with Gasteiger partial charge < -0.3 is 38.6 Å². The summed E-state index contributed by atoms with van der Waals surface area (Å²) in [4.78, 5) is 29.9. The van der Waals surface area contributed by atoms with E-state index in [0.717, 1.165) is 0 Å². The van der Waals surface area contributed by atoms with E-state index in [2.05, 4.69) is 0 Å². The van der Waals surface area contributed by atoms with Crippen LogP contribution in [0.2, 0.25) is 0 Å². The smallest absolute Gasteiger partial charge is 0.295 e. The van der Waals surface area contributed by atoms with Crippen molar-refractivity contribution in [1.82, 2.24) is 9.80 Å². The average molecular weight is 499 g/mol. The zero-order valence-electron chi connectivity index (χ0n) is 21.0. The number of benzene rings is 2. The average Bonchev–Trinajstić information content (AvgIpc) is 3.15. The molecule has 1 amide bonds. The zero-order chi connectivity index (χ0) is 26.0. The molecule has 0 spiro atoms. The predicted molar refractivity (Wildman–Crippen MR) is 131 cm³/mol. The number of ether oxygens (including phenoxy) is 5. The molecule has 1 fully saturated rings. The van der Waals surface area contributed by atoms with E-state index in [1.165, 1.54) is 26.2 Å². The summed E-state index contributed by atoms with van der Waals surface area (Å²) in [5.41, 5.74) is 0.827. The summed E-state index contributed by atoms with van der Waals surface area (Å²) in [6.45, 7) is 1.57. The minimum absolute atomic E-state index is 0.0373. The van der Waals surface area contributed by atoms with Crippen molar-refractivity contribution in [3.8, 4) is 28.7 Å². The first kappa shape index (κ1) is 25.2. The number of likely N-dealkylation sites (N-methyl/N-ethyl adjacent to an activating group) is 1. The number of ketones is 1. The van der Waals surface area contributed by atoms with Crippen molar-refractivity contribution in [2.45, 2.75) is 6.04 Å². The van der Waals surface area contributed by atoms with Crippen LogP contribution in [0, 0.1) is 0 Å². The fraction of sp³-hybridized carbons (Fsp3) is 0.385. The molecule has 1 saturated heterocycles. The van der Waals surface area contributed by atoms with Crippen LogP contribution in [0.5, 0.6) is 28.7 Å². The Morgan fingerprint density at radius 1 is 1.00 bits per heavy atom. The first-order valence-electron chi connectivity index (χ1n) is 11.4. The molecule has 2 aliphatic heterocycles. The van der Waals surface area contributed by atoms with Crippen LogP contribution in [-0.2, 0) is 9.59 Å². The minimum Gasteiger partial charge on any atom is -0.507 e. The normalized spacial score (nSPS) is 18.5. The number of nitrogens with zero attached hydrogens (tertiary/aromatic N) is 2. The summed E-state index contributed by atoms with van der Waals surface area (Å²) >= 11 is 0. The fourth-order valence-corrected chi connectivity index (χ4v) is 4.37. The van der Waals surface area contributed by atoms with Crippen LogP contribution in [0.1, 0.15) is 17.2 Å². The third-order valence-electron chi connectivity index (χ3n) is 6.15. The van der Waals surface area contributed by atoms with Gasteiger partial charge in [0, 0.05) is 18.7 Å². The van der Waals surface area contributed by atoms with Crippen LogP contribution < -0.4 is 23.7 Å². The third-order valence-corrected chi connectivity index (χ3v) is 6.15. The highest BCUT2D eigenvalue weighted by Crippen LogP contribution is 2.46. The maximum atomic E-state index is 13.3. The van der Waals surface area contributed by atoms with Gasteiger partial charge in [-0.15, -0.1) is 0 Å². The van der Waals surface area contributed by atoms with Crippen LogP contribution in [0.3, 0.4) is 0 Å². The molecular weight excluding hydrogens is 468 g/mol. The number of methoxy groups -OCH3 is 3. The van der Waals surface area contributed by atoms with Crippen molar-refractivity contribution in [3.63, 3.8) is 0 Å². The lowest BCUT2D eigenvalue weighted by Crippen LogP contribution is -2.35. The quantitative estimate of drug-likeness (QED) is 0.334. The van der Waals surface area contributed by atoms with E-state index in [1.807, 2.05) is 19.0 Å². The second kappa shape index (κ2) is 10.4. The predicted octanol–water partition coefficient (Wildman–Crippen LogP) is 2.47. The van der Waals surface area contributed by atoms with E-state index < -0.39 is 17.7 Å². The minimum atomic E-state index is -0.883. The summed E-state index contributed by atoms with van der Waals surface area (Å²) in [7, 11) is 8.21. The van der Waals surface area contributed by atoms with Gasteiger partial charge in [0.1, 0.15) is 19.0 Å². The lowest BCUT2D eigenvalue weighted by molar-refractivity contribution is -0.140. The summed E-state index contributed by atoms with van der Waals surface area (Å²) < 4.78 is 27.6. The molecule has 0 saturated carbocycles. The Bertz CT molecular complexity index is 1180. The summed E-state index contributed by atoms with van der Waals surface area (Å²) in [6.07, 6.45) is 0. The first-order valence-corrected chi connectivity index (χ1v) is 11.4. The monoisotopic (exact) mass is 498 g/mol. The number of aliphatic hydroxyl groups is 1. The number of aliphatic hydroxyl groups excluding tert-OH is 1. The van der Waals surface area contributed by atoms with Gasteiger partial charge in [-0.1, -0.05) is 0 Å². The number of rotatable bonds is 8. The summed E-state index contributed by atoms with van der Waals surface area (Å²) in [6, 6.07) is 7.37. The highest BCUT2D eigenvalue weighted by Gasteiger charge is 2.46. The fourth-order valence-electron chi connectivity index (χ4n) is 4.37. The summed E-state index contributed by atoms with van der Waals surface area (Å²) in [5, 5.41) is 11.4. The van der Waals surface area contributed by atoms with Gasteiger partial charge >= 0.3 is 0 Å². The second-order valence-corrected chi connectivity index (χ2v) is 8.61. The van der Waals surface area contributed by atoms with Gasteiger partial charge in [-0.2, -0.15) is 0 Å². The largest absolute Gasteiger partial charge is 0.507 e. The van der Waals surface area contributed by atoms with Crippen molar-refractivity contribution in [2.24, 2.45) is 0 Å². The Kier molecular flexibility index (Phi) is 7.25. The number of hydrogen-bond acceptors (Lipinski definition) is 9. The van der Waals surface area contributed by atoms with Gasteiger partial charge in [0.15, 0.2) is 23.0 Å². The molecule has 10 nitrogen and oxygen atoms in total. The highest BCUT2D eigenvalue weighted by atomic mass is 16.6. The third kappa shape index (κ3) is 4.51. The van der Waals surface area contributed by atoms with Gasteiger partial charge in [-0.05, 0) is 50.0 Å². The van der Waals surface area contributed by atoms with Crippen LogP contribution in [0.25, 0.3) is 5.76 Å². The Balaban J connectivity index is 1.90. The molecule has 2 heterocycles. The molecule has 10 heteroatoms. The molecule has 36 heavy (non-hydrogen) atoms. The molecule has 192 valence electrons. The van der Waals surface area contributed by atoms with E-state index in [4.69, 9.17) is 23.7 Å². The number of amides is 1. The van der Waals surface area contributed by atoms with Gasteiger partial charge in [0.2, 0.25) is 5.75 Å². The lowest BCUT2D eigenvalue weighted by atomic mass is 9.94. The molecule has 1 atom stereocenters. The van der Waals surface area contributed by atoms with Gasteiger partial charge in [0.05, 0.1) is 32.9 Å². The molecule has 0 aromatic heterocycles. The highest BCUT2D eigenvalue weighted by molar-refractivity contribution is 6.46. The van der Waals surface area contributed by atoms with Crippen molar-refractivity contribution >= 4 is 17.4 Å².